The minimum Gasteiger partial charge on any atom is -0.459 e. The average molecular weight is 258 g/mol. The lowest BCUT2D eigenvalue weighted by Gasteiger charge is -2.35. The molecule has 0 radical (unpaired) electrons. The van der Waals surface area contributed by atoms with Crippen LogP contribution >= 0.6 is 0 Å². The van der Waals surface area contributed by atoms with E-state index in [9.17, 15) is 0 Å². The molecular formula is C16H22N2O. The Morgan fingerprint density at radius 2 is 2.26 bits per heavy atom. The largest absolute Gasteiger partial charge is 0.459 e. The van der Waals surface area contributed by atoms with Crippen LogP contribution in [-0.2, 0) is 0 Å². The first-order chi connectivity index (χ1) is 9.28. The average Bonchev–Trinajstić information content (AvgIpc) is 2.83. The van der Waals surface area contributed by atoms with Crippen LogP contribution in [0.25, 0.3) is 11.0 Å². The van der Waals surface area contributed by atoms with E-state index in [0.717, 1.165) is 30.4 Å². The monoisotopic (exact) mass is 258 g/mol. The number of fused-ring (bicyclic) bond motifs is 1. The van der Waals surface area contributed by atoms with E-state index in [-0.39, 0.29) is 6.04 Å². The van der Waals surface area contributed by atoms with E-state index in [1.165, 1.54) is 18.2 Å². The van der Waals surface area contributed by atoms with Crippen LogP contribution in [0.15, 0.2) is 34.7 Å². The van der Waals surface area contributed by atoms with Crippen molar-refractivity contribution in [2.75, 3.05) is 19.6 Å². The number of rotatable bonds is 3. The van der Waals surface area contributed by atoms with Crippen LogP contribution in [0.3, 0.4) is 0 Å². The summed E-state index contributed by atoms with van der Waals surface area (Å²) in [6.07, 6.45) is 2.59. The molecule has 1 aliphatic rings. The van der Waals surface area contributed by atoms with Crippen LogP contribution in [0.1, 0.15) is 31.6 Å². The minimum absolute atomic E-state index is 0.218. The number of nitrogens with two attached hydrogens (primary N) is 1. The lowest BCUT2D eigenvalue weighted by Crippen LogP contribution is -2.40. The maximum Gasteiger partial charge on any atom is 0.134 e. The van der Waals surface area contributed by atoms with Crippen molar-refractivity contribution < 1.29 is 4.42 Å². The Balaban J connectivity index is 1.88. The maximum atomic E-state index is 6.00. The number of piperidine rings is 1. The van der Waals surface area contributed by atoms with Gasteiger partial charge < -0.3 is 10.2 Å². The topological polar surface area (TPSA) is 42.4 Å². The van der Waals surface area contributed by atoms with Crippen LogP contribution in [0.4, 0.5) is 0 Å². The van der Waals surface area contributed by atoms with Crippen molar-refractivity contribution in [2.24, 2.45) is 11.7 Å². The summed E-state index contributed by atoms with van der Waals surface area (Å²) in [7, 11) is 0. The SMILES string of the molecule is CC1CCCN(C(CN)c2cc3ccccc3o2)C1. The number of para-hydroxylation sites is 1. The molecule has 0 amide bonds. The van der Waals surface area contributed by atoms with Gasteiger partial charge in [-0.15, -0.1) is 0 Å². The van der Waals surface area contributed by atoms with Crippen molar-refractivity contribution in [2.45, 2.75) is 25.8 Å². The zero-order valence-corrected chi connectivity index (χ0v) is 11.5. The minimum atomic E-state index is 0.218. The first-order valence-corrected chi connectivity index (χ1v) is 7.20. The number of nitrogens with zero attached hydrogens (tertiary/aromatic N) is 1. The summed E-state index contributed by atoms with van der Waals surface area (Å²) < 4.78 is 5.99. The van der Waals surface area contributed by atoms with Gasteiger partial charge in [-0.3, -0.25) is 4.90 Å². The fourth-order valence-electron chi connectivity index (χ4n) is 3.12. The number of benzene rings is 1. The molecule has 2 heterocycles. The Hall–Kier alpha value is -1.32. The molecule has 1 aromatic heterocycles. The van der Waals surface area contributed by atoms with Crippen LogP contribution in [0, 0.1) is 5.92 Å². The number of furan rings is 1. The van der Waals surface area contributed by atoms with Crippen molar-refractivity contribution in [3.05, 3.63) is 36.1 Å². The molecule has 3 heteroatoms. The van der Waals surface area contributed by atoms with Crippen molar-refractivity contribution in [3.63, 3.8) is 0 Å². The van der Waals surface area contributed by atoms with E-state index in [1.54, 1.807) is 0 Å². The second-order valence-electron chi connectivity index (χ2n) is 5.68. The van der Waals surface area contributed by atoms with Crippen molar-refractivity contribution in [1.82, 2.24) is 4.90 Å². The molecule has 2 unspecified atom stereocenters. The van der Waals surface area contributed by atoms with Gasteiger partial charge in [-0.25, -0.2) is 0 Å². The molecule has 3 rings (SSSR count). The van der Waals surface area contributed by atoms with Gasteiger partial charge in [0, 0.05) is 18.5 Å². The first-order valence-electron chi connectivity index (χ1n) is 7.20. The molecule has 3 nitrogen and oxygen atoms in total. The summed E-state index contributed by atoms with van der Waals surface area (Å²) in [5, 5.41) is 1.17. The molecule has 1 saturated heterocycles. The number of hydrogen-bond donors (Lipinski definition) is 1. The lowest BCUT2D eigenvalue weighted by molar-refractivity contribution is 0.120. The van der Waals surface area contributed by atoms with E-state index >= 15 is 0 Å². The third-order valence-corrected chi connectivity index (χ3v) is 4.13. The summed E-state index contributed by atoms with van der Waals surface area (Å²) in [5.74, 6) is 1.77. The standard InChI is InChI=1S/C16H22N2O/c1-12-5-4-8-18(11-12)14(10-17)16-9-13-6-2-3-7-15(13)19-16/h2-3,6-7,9,12,14H,4-5,8,10-11,17H2,1H3. The molecule has 1 fully saturated rings. The quantitative estimate of drug-likeness (QED) is 0.919. The molecule has 1 aliphatic heterocycles. The summed E-state index contributed by atoms with van der Waals surface area (Å²) >= 11 is 0. The van der Waals surface area contributed by atoms with Crippen LogP contribution in [0.2, 0.25) is 0 Å². The predicted octanol–water partition coefficient (Wildman–Crippen LogP) is 3.16. The fraction of sp³-hybridized carbons (Fsp3) is 0.500. The molecular weight excluding hydrogens is 236 g/mol. The molecule has 0 bridgehead atoms. The fourth-order valence-corrected chi connectivity index (χ4v) is 3.12. The van der Waals surface area contributed by atoms with Gasteiger partial charge in [-0.1, -0.05) is 25.1 Å². The second kappa shape index (κ2) is 5.35. The van der Waals surface area contributed by atoms with Gasteiger partial charge in [0.2, 0.25) is 0 Å². The first kappa shape index (κ1) is 12.7. The second-order valence-corrected chi connectivity index (χ2v) is 5.68. The summed E-state index contributed by atoms with van der Waals surface area (Å²) in [6, 6.07) is 10.5. The Morgan fingerprint density at radius 1 is 1.42 bits per heavy atom. The lowest BCUT2D eigenvalue weighted by atomic mass is 9.98. The van der Waals surface area contributed by atoms with Gasteiger partial charge >= 0.3 is 0 Å². The number of hydrogen-bond acceptors (Lipinski definition) is 3. The maximum absolute atomic E-state index is 6.00. The van der Waals surface area contributed by atoms with E-state index in [0.29, 0.717) is 6.54 Å². The van der Waals surface area contributed by atoms with Crippen molar-refractivity contribution >= 4 is 11.0 Å². The van der Waals surface area contributed by atoms with E-state index in [2.05, 4.69) is 24.0 Å². The van der Waals surface area contributed by atoms with Gasteiger partial charge in [-0.05, 0) is 37.4 Å². The predicted molar refractivity (Wildman–Crippen MR) is 78.0 cm³/mol. The highest BCUT2D eigenvalue weighted by molar-refractivity contribution is 5.77. The molecule has 2 aromatic rings. The Kier molecular flexibility index (Phi) is 3.58. The van der Waals surface area contributed by atoms with Crippen LogP contribution < -0.4 is 5.73 Å². The molecule has 1 aromatic carbocycles. The Labute approximate surface area is 114 Å². The van der Waals surface area contributed by atoms with Crippen molar-refractivity contribution in [1.29, 1.82) is 0 Å². The third kappa shape index (κ3) is 2.53. The van der Waals surface area contributed by atoms with E-state index in [4.69, 9.17) is 10.2 Å². The van der Waals surface area contributed by atoms with Crippen LogP contribution in [0.5, 0.6) is 0 Å². The molecule has 0 saturated carbocycles. The number of likely N-dealkylation sites (tertiary alicyclic amines) is 1. The normalized spacial score (nSPS) is 22.7. The molecule has 102 valence electrons. The molecule has 0 spiro atoms. The highest BCUT2D eigenvalue weighted by atomic mass is 16.3. The van der Waals surface area contributed by atoms with Crippen molar-refractivity contribution in [3.8, 4) is 0 Å². The highest BCUT2D eigenvalue weighted by Crippen LogP contribution is 2.30. The van der Waals surface area contributed by atoms with Gasteiger partial charge in [0.05, 0.1) is 6.04 Å². The molecule has 0 aliphatic carbocycles. The van der Waals surface area contributed by atoms with E-state index in [1.807, 2.05) is 18.2 Å². The van der Waals surface area contributed by atoms with Gasteiger partial charge in [-0.2, -0.15) is 0 Å². The zero-order chi connectivity index (χ0) is 13.2. The summed E-state index contributed by atoms with van der Waals surface area (Å²) in [4.78, 5) is 2.48. The highest BCUT2D eigenvalue weighted by Gasteiger charge is 2.26. The van der Waals surface area contributed by atoms with Gasteiger partial charge in [0.15, 0.2) is 0 Å². The Morgan fingerprint density at radius 3 is 3.00 bits per heavy atom. The Bertz CT molecular complexity index is 515. The van der Waals surface area contributed by atoms with Gasteiger partial charge in [0.25, 0.3) is 0 Å². The van der Waals surface area contributed by atoms with Gasteiger partial charge in [0.1, 0.15) is 11.3 Å². The molecule has 2 atom stereocenters. The zero-order valence-electron chi connectivity index (χ0n) is 11.5. The van der Waals surface area contributed by atoms with Crippen LogP contribution in [-0.4, -0.2) is 24.5 Å². The smallest absolute Gasteiger partial charge is 0.134 e. The molecule has 2 N–H and O–H groups in total. The van der Waals surface area contributed by atoms with E-state index < -0.39 is 0 Å². The summed E-state index contributed by atoms with van der Waals surface area (Å²) in [6.45, 7) is 5.19. The third-order valence-electron chi connectivity index (χ3n) is 4.13. The summed E-state index contributed by atoms with van der Waals surface area (Å²) in [5.41, 5.74) is 6.96. The molecule has 19 heavy (non-hydrogen) atoms.